The van der Waals surface area contributed by atoms with E-state index in [0.717, 1.165) is 10.2 Å². The highest BCUT2D eigenvalue weighted by atomic mass is 79.9. The van der Waals surface area contributed by atoms with Gasteiger partial charge in [-0.3, -0.25) is 4.79 Å². The molecule has 0 fully saturated rings. The van der Waals surface area contributed by atoms with Crippen LogP contribution in [0.25, 0.3) is 0 Å². The van der Waals surface area contributed by atoms with E-state index in [4.69, 9.17) is 9.15 Å². The van der Waals surface area contributed by atoms with Crippen LogP contribution in [0.3, 0.4) is 0 Å². The van der Waals surface area contributed by atoms with Crippen LogP contribution in [0.5, 0.6) is 5.75 Å². The molecule has 100 valence electrons. The summed E-state index contributed by atoms with van der Waals surface area (Å²) in [7, 11) is 0. The van der Waals surface area contributed by atoms with Crippen molar-refractivity contribution in [3.8, 4) is 5.75 Å². The lowest BCUT2D eigenvalue weighted by atomic mass is 10.0. The van der Waals surface area contributed by atoms with Gasteiger partial charge in [0.15, 0.2) is 5.78 Å². The second kappa shape index (κ2) is 6.06. The maximum Gasteiger partial charge on any atom is 0.197 e. The van der Waals surface area contributed by atoms with Gasteiger partial charge in [-0.15, -0.1) is 0 Å². The number of furan rings is 1. The highest BCUT2D eigenvalue weighted by molar-refractivity contribution is 9.10. The van der Waals surface area contributed by atoms with Gasteiger partial charge in [0, 0.05) is 16.5 Å². The molecular formula is C15H15BrO3. The Morgan fingerprint density at radius 3 is 2.68 bits per heavy atom. The molecule has 0 bridgehead atoms. The molecule has 0 aliphatic rings. The summed E-state index contributed by atoms with van der Waals surface area (Å²) in [5, 5.41) is 0. The third-order valence-electron chi connectivity index (χ3n) is 2.81. The summed E-state index contributed by atoms with van der Waals surface area (Å²) in [5.74, 6) is 1.42. The van der Waals surface area contributed by atoms with E-state index in [1.807, 2.05) is 19.9 Å². The number of halogens is 1. The molecule has 1 aromatic carbocycles. The van der Waals surface area contributed by atoms with E-state index in [1.54, 1.807) is 24.5 Å². The Morgan fingerprint density at radius 1 is 1.26 bits per heavy atom. The Hall–Kier alpha value is -1.55. The van der Waals surface area contributed by atoms with Gasteiger partial charge in [0.2, 0.25) is 0 Å². The normalized spacial score (nSPS) is 10.5. The van der Waals surface area contributed by atoms with Gasteiger partial charge in [0.05, 0.1) is 18.4 Å². The number of ether oxygens (including phenoxy) is 1. The Labute approximate surface area is 120 Å². The Morgan fingerprint density at radius 2 is 2.05 bits per heavy atom. The minimum atomic E-state index is -0.0412. The molecule has 0 atom stereocenters. The zero-order valence-electron chi connectivity index (χ0n) is 10.9. The molecule has 0 N–H and O–H groups in total. The Bertz CT molecular complexity index is 587. The molecule has 19 heavy (non-hydrogen) atoms. The Kier molecular flexibility index (Phi) is 4.43. The molecule has 1 aromatic heterocycles. The molecule has 0 aliphatic carbocycles. The first-order valence-electron chi connectivity index (χ1n) is 6.20. The molecule has 2 rings (SSSR count). The fourth-order valence-electron chi connectivity index (χ4n) is 1.90. The fourth-order valence-corrected chi connectivity index (χ4v) is 2.44. The lowest BCUT2D eigenvalue weighted by Crippen LogP contribution is -2.04. The van der Waals surface area contributed by atoms with Crippen LogP contribution in [0.1, 0.15) is 35.5 Å². The topological polar surface area (TPSA) is 39.4 Å². The molecule has 1 heterocycles. The standard InChI is InChI=1S/C15H15BrO3/c1-3-14-12(7-8-19-14)15(17)11-6-5-10(18-4-2)9-13(11)16/h5-9H,3-4H2,1-2H3. The predicted octanol–water partition coefficient (Wildman–Crippen LogP) is 4.23. The SMILES string of the molecule is CCOc1ccc(C(=O)c2ccoc2CC)c(Br)c1. The highest BCUT2D eigenvalue weighted by Crippen LogP contribution is 2.26. The van der Waals surface area contributed by atoms with Gasteiger partial charge in [0.1, 0.15) is 11.5 Å². The summed E-state index contributed by atoms with van der Waals surface area (Å²) < 4.78 is 11.4. The zero-order valence-corrected chi connectivity index (χ0v) is 12.5. The van der Waals surface area contributed by atoms with Gasteiger partial charge in [-0.2, -0.15) is 0 Å². The number of hydrogen-bond acceptors (Lipinski definition) is 3. The van der Waals surface area contributed by atoms with E-state index in [-0.39, 0.29) is 5.78 Å². The highest BCUT2D eigenvalue weighted by Gasteiger charge is 2.18. The summed E-state index contributed by atoms with van der Waals surface area (Å²) in [4.78, 5) is 12.4. The van der Waals surface area contributed by atoms with Crippen molar-refractivity contribution in [2.45, 2.75) is 20.3 Å². The van der Waals surface area contributed by atoms with E-state index < -0.39 is 0 Å². The van der Waals surface area contributed by atoms with Crippen molar-refractivity contribution in [2.24, 2.45) is 0 Å². The number of benzene rings is 1. The first kappa shape index (κ1) is 13.9. The van der Waals surface area contributed by atoms with Gasteiger partial charge in [-0.25, -0.2) is 0 Å². The molecule has 4 heteroatoms. The average molecular weight is 323 g/mol. The van der Waals surface area contributed by atoms with Gasteiger partial charge < -0.3 is 9.15 Å². The second-order valence-electron chi connectivity index (χ2n) is 4.01. The van der Waals surface area contributed by atoms with Crippen molar-refractivity contribution < 1.29 is 13.9 Å². The molecule has 0 spiro atoms. The van der Waals surface area contributed by atoms with Crippen LogP contribution in [-0.4, -0.2) is 12.4 Å². The van der Waals surface area contributed by atoms with Crippen molar-refractivity contribution in [1.82, 2.24) is 0 Å². The lowest BCUT2D eigenvalue weighted by Gasteiger charge is -2.07. The van der Waals surface area contributed by atoms with Gasteiger partial charge in [-0.05, 0) is 47.1 Å². The van der Waals surface area contributed by atoms with Gasteiger partial charge in [-0.1, -0.05) is 6.92 Å². The second-order valence-corrected chi connectivity index (χ2v) is 4.87. The number of hydrogen-bond donors (Lipinski definition) is 0. The predicted molar refractivity (Wildman–Crippen MR) is 76.8 cm³/mol. The third-order valence-corrected chi connectivity index (χ3v) is 3.46. The fraction of sp³-hybridized carbons (Fsp3) is 0.267. The molecule has 0 saturated carbocycles. The minimum absolute atomic E-state index is 0.0412. The molecule has 0 saturated heterocycles. The molecule has 0 unspecified atom stereocenters. The van der Waals surface area contributed by atoms with Crippen molar-refractivity contribution in [3.63, 3.8) is 0 Å². The smallest absolute Gasteiger partial charge is 0.197 e. The minimum Gasteiger partial charge on any atom is -0.494 e. The lowest BCUT2D eigenvalue weighted by molar-refractivity contribution is 0.103. The molecule has 2 aromatic rings. The van der Waals surface area contributed by atoms with E-state index >= 15 is 0 Å². The van der Waals surface area contributed by atoms with Crippen LogP contribution in [-0.2, 0) is 6.42 Å². The van der Waals surface area contributed by atoms with Crippen LogP contribution in [0.2, 0.25) is 0 Å². The summed E-state index contributed by atoms with van der Waals surface area (Å²) in [6, 6.07) is 7.09. The van der Waals surface area contributed by atoms with E-state index in [9.17, 15) is 4.79 Å². The van der Waals surface area contributed by atoms with Crippen LogP contribution < -0.4 is 4.74 Å². The summed E-state index contributed by atoms with van der Waals surface area (Å²) in [6.07, 6.45) is 2.25. The molecule has 0 aliphatic heterocycles. The van der Waals surface area contributed by atoms with Crippen LogP contribution in [0.15, 0.2) is 39.4 Å². The number of carbonyl (C=O) groups excluding carboxylic acids is 1. The maximum atomic E-state index is 12.4. The van der Waals surface area contributed by atoms with Crippen molar-refractivity contribution in [1.29, 1.82) is 0 Å². The van der Waals surface area contributed by atoms with E-state index in [2.05, 4.69) is 15.9 Å². The number of aryl methyl sites for hydroxylation is 1. The third kappa shape index (κ3) is 2.89. The zero-order chi connectivity index (χ0) is 13.8. The molecular weight excluding hydrogens is 308 g/mol. The summed E-state index contributed by atoms with van der Waals surface area (Å²) in [6.45, 7) is 4.48. The Balaban J connectivity index is 2.34. The van der Waals surface area contributed by atoms with Gasteiger partial charge in [0.25, 0.3) is 0 Å². The largest absolute Gasteiger partial charge is 0.494 e. The molecule has 0 amide bonds. The maximum absolute atomic E-state index is 12.4. The number of carbonyl (C=O) groups is 1. The van der Waals surface area contributed by atoms with Crippen molar-refractivity contribution in [2.75, 3.05) is 6.61 Å². The average Bonchev–Trinajstić information content (AvgIpc) is 2.87. The summed E-state index contributed by atoms with van der Waals surface area (Å²) >= 11 is 3.42. The van der Waals surface area contributed by atoms with Crippen molar-refractivity contribution >= 4 is 21.7 Å². The van der Waals surface area contributed by atoms with Crippen molar-refractivity contribution in [3.05, 3.63) is 51.9 Å². The van der Waals surface area contributed by atoms with Gasteiger partial charge >= 0.3 is 0 Å². The molecule has 0 radical (unpaired) electrons. The number of rotatable bonds is 5. The summed E-state index contributed by atoms with van der Waals surface area (Å²) in [5.41, 5.74) is 1.23. The number of ketones is 1. The first-order valence-corrected chi connectivity index (χ1v) is 7.00. The van der Waals surface area contributed by atoms with Crippen LogP contribution in [0, 0.1) is 0 Å². The molecule has 3 nitrogen and oxygen atoms in total. The van der Waals surface area contributed by atoms with E-state index in [1.165, 1.54) is 0 Å². The first-order chi connectivity index (χ1) is 9.17. The quantitative estimate of drug-likeness (QED) is 0.773. The van der Waals surface area contributed by atoms with E-state index in [0.29, 0.717) is 29.9 Å². The van der Waals surface area contributed by atoms with Crippen LogP contribution >= 0.6 is 15.9 Å². The van der Waals surface area contributed by atoms with Crippen LogP contribution in [0.4, 0.5) is 0 Å². The monoisotopic (exact) mass is 322 g/mol.